The van der Waals surface area contributed by atoms with Gasteiger partial charge in [-0.1, -0.05) is 51.2 Å². The first-order valence-corrected chi connectivity index (χ1v) is 7.19. The zero-order valence-corrected chi connectivity index (χ0v) is 13.0. The van der Waals surface area contributed by atoms with Gasteiger partial charge in [-0.2, -0.15) is 0 Å². The molecule has 2 nitrogen and oxygen atoms in total. The first kappa shape index (κ1) is 14.6. The molecule has 0 bridgehead atoms. The van der Waals surface area contributed by atoms with Crippen molar-refractivity contribution in [3.63, 3.8) is 0 Å². The minimum absolute atomic E-state index is 0.0246. The van der Waals surface area contributed by atoms with Gasteiger partial charge in [0.25, 0.3) is 0 Å². The number of hydrogen-bond acceptors (Lipinski definition) is 1. The standard InChI is InChI=1S/C18H23NO/c1-6-8-15-13(7-2)17(20)14-9-11-18(3,4)12-10-16(14)19(15)5/h7-12H,6H2,1-5H3/b13-7+,15-8+. The zero-order chi connectivity index (χ0) is 14.9. The Hall–Kier alpha value is -1.83. The molecular weight excluding hydrogens is 246 g/mol. The lowest BCUT2D eigenvalue weighted by atomic mass is 9.93. The van der Waals surface area contributed by atoms with Gasteiger partial charge < -0.3 is 4.57 Å². The van der Waals surface area contributed by atoms with E-state index < -0.39 is 0 Å². The molecule has 0 saturated heterocycles. The van der Waals surface area contributed by atoms with E-state index in [0.29, 0.717) is 0 Å². The number of pyridine rings is 1. The monoisotopic (exact) mass is 269 g/mol. The summed E-state index contributed by atoms with van der Waals surface area (Å²) in [5, 5.41) is 1.81. The van der Waals surface area contributed by atoms with Gasteiger partial charge in [0, 0.05) is 28.6 Å². The molecule has 0 aromatic carbocycles. The molecule has 1 aromatic heterocycles. The molecule has 1 heterocycles. The van der Waals surface area contributed by atoms with Crippen LogP contribution >= 0.6 is 0 Å². The van der Waals surface area contributed by atoms with Crippen LogP contribution in [0.4, 0.5) is 0 Å². The van der Waals surface area contributed by atoms with Gasteiger partial charge in [0.15, 0.2) is 5.43 Å². The molecule has 0 spiro atoms. The Morgan fingerprint density at radius 2 is 1.90 bits per heavy atom. The molecule has 0 atom stereocenters. The van der Waals surface area contributed by atoms with Crippen LogP contribution in [-0.4, -0.2) is 4.57 Å². The minimum atomic E-state index is -0.0246. The van der Waals surface area contributed by atoms with Gasteiger partial charge in [-0.05, 0) is 19.4 Å². The lowest BCUT2D eigenvalue weighted by Crippen LogP contribution is -2.46. The molecule has 0 aliphatic heterocycles. The lowest BCUT2D eigenvalue weighted by molar-refractivity contribution is 0.633. The van der Waals surface area contributed by atoms with Gasteiger partial charge in [0.1, 0.15) is 0 Å². The van der Waals surface area contributed by atoms with E-state index in [1.165, 1.54) is 0 Å². The molecule has 1 aromatic rings. The van der Waals surface area contributed by atoms with Gasteiger partial charge in [-0.15, -0.1) is 0 Å². The molecular formula is C18H23NO. The lowest BCUT2D eigenvalue weighted by Gasteiger charge is -2.12. The number of fused-ring (bicyclic) bond motifs is 1. The third kappa shape index (κ3) is 2.43. The van der Waals surface area contributed by atoms with E-state index in [1.807, 2.05) is 26.1 Å². The quantitative estimate of drug-likeness (QED) is 0.767. The van der Waals surface area contributed by atoms with Crippen molar-refractivity contribution in [3.05, 3.63) is 44.2 Å². The van der Waals surface area contributed by atoms with Gasteiger partial charge in [0.2, 0.25) is 0 Å². The Bertz CT molecular complexity index is 758. The number of aromatic nitrogens is 1. The van der Waals surface area contributed by atoms with Gasteiger partial charge in [-0.3, -0.25) is 4.79 Å². The fourth-order valence-electron chi connectivity index (χ4n) is 2.60. The van der Waals surface area contributed by atoms with E-state index in [2.05, 4.69) is 49.6 Å². The van der Waals surface area contributed by atoms with Crippen LogP contribution in [0, 0.1) is 5.41 Å². The topological polar surface area (TPSA) is 22.0 Å². The maximum Gasteiger partial charge on any atom is 0.196 e. The van der Waals surface area contributed by atoms with Crippen LogP contribution < -0.4 is 16.0 Å². The van der Waals surface area contributed by atoms with Crippen molar-refractivity contribution < 1.29 is 0 Å². The molecule has 0 radical (unpaired) electrons. The van der Waals surface area contributed by atoms with Crippen molar-refractivity contribution in [2.75, 3.05) is 0 Å². The summed E-state index contributed by atoms with van der Waals surface area (Å²) in [5.41, 5.74) is 1.88. The van der Waals surface area contributed by atoms with Crippen LogP contribution in [0.3, 0.4) is 0 Å². The van der Waals surface area contributed by atoms with Gasteiger partial charge in [-0.25, -0.2) is 0 Å². The molecule has 1 aliphatic carbocycles. The van der Waals surface area contributed by atoms with Crippen LogP contribution in [0.25, 0.3) is 24.3 Å². The highest BCUT2D eigenvalue weighted by atomic mass is 16.1. The Kier molecular flexibility index (Phi) is 3.85. The van der Waals surface area contributed by atoms with Gasteiger partial charge in [0.05, 0.1) is 5.69 Å². The Morgan fingerprint density at radius 1 is 1.25 bits per heavy atom. The highest BCUT2D eigenvalue weighted by Gasteiger charge is 2.16. The largest absolute Gasteiger partial charge is 0.344 e. The average molecular weight is 269 g/mol. The fraction of sp³-hybridized carbons (Fsp3) is 0.389. The summed E-state index contributed by atoms with van der Waals surface area (Å²) in [7, 11) is 2.03. The van der Waals surface area contributed by atoms with Crippen molar-refractivity contribution in [3.8, 4) is 0 Å². The molecule has 2 rings (SSSR count). The minimum Gasteiger partial charge on any atom is -0.344 e. The predicted molar refractivity (Wildman–Crippen MR) is 87.7 cm³/mol. The van der Waals surface area contributed by atoms with E-state index in [-0.39, 0.29) is 10.8 Å². The SMILES string of the molecule is C/C=c1/c(=O)c2c(n(C)/c1=C/CC)C=CC(C)(C)C=C2. The van der Waals surface area contributed by atoms with Crippen molar-refractivity contribution in [2.45, 2.75) is 34.1 Å². The number of hydrogen-bond donors (Lipinski definition) is 0. The third-order valence-corrected chi connectivity index (χ3v) is 3.80. The normalized spacial score (nSPS) is 18.2. The van der Waals surface area contributed by atoms with Crippen molar-refractivity contribution >= 4 is 24.3 Å². The zero-order valence-electron chi connectivity index (χ0n) is 13.0. The van der Waals surface area contributed by atoms with Crippen LogP contribution in [-0.2, 0) is 7.05 Å². The molecule has 0 N–H and O–H groups in total. The molecule has 0 amide bonds. The maximum atomic E-state index is 12.7. The summed E-state index contributed by atoms with van der Waals surface area (Å²) in [4.78, 5) is 12.7. The molecule has 20 heavy (non-hydrogen) atoms. The van der Waals surface area contributed by atoms with Crippen molar-refractivity contribution in [2.24, 2.45) is 12.5 Å². The Balaban J connectivity index is 2.98. The summed E-state index contributed by atoms with van der Waals surface area (Å²) in [6.07, 6.45) is 13.2. The molecule has 106 valence electrons. The molecule has 0 fully saturated rings. The Labute approximate surface area is 120 Å². The highest BCUT2D eigenvalue weighted by molar-refractivity contribution is 5.66. The van der Waals surface area contributed by atoms with Crippen molar-refractivity contribution in [1.82, 2.24) is 4.57 Å². The summed E-state index contributed by atoms with van der Waals surface area (Å²) >= 11 is 0. The van der Waals surface area contributed by atoms with E-state index >= 15 is 0 Å². The van der Waals surface area contributed by atoms with E-state index in [4.69, 9.17) is 0 Å². The van der Waals surface area contributed by atoms with E-state index in [0.717, 1.165) is 28.2 Å². The average Bonchev–Trinajstić information content (AvgIpc) is 2.55. The second-order valence-electron chi connectivity index (χ2n) is 5.88. The first-order chi connectivity index (χ1) is 9.41. The van der Waals surface area contributed by atoms with Crippen molar-refractivity contribution in [1.29, 1.82) is 0 Å². The third-order valence-electron chi connectivity index (χ3n) is 3.80. The van der Waals surface area contributed by atoms with Crippen LogP contribution in [0.15, 0.2) is 16.9 Å². The summed E-state index contributed by atoms with van der Waals surface area (Å²) in [6.45, 7) is 8.30. The molecule has 0 saturated carbocycles. The number of rotatable bonds is 1. The van der Waals surface area contributed by atoms with Crippen LogP contribution in [0.2, 0.25) is 0 Å². The first-order valence-electron chi connectivity index (χ1n) is 7.19. The molecule has 0 unspecified atom stereocenters. The summed E-state index contributed by atoms with van der Waals surface area (Å²) in [5.74, 6) is 0. The number of allylic oxidation sites excluding steroid dienone is 2. The van der Waals surface area contributed by atoms with Crippen LogP contribution in [0.5, 0.6) is 0 Å². The molecule has 2 heteroatoms. The second kappa shape index (κ2) is 5.28. The predicted octanol–water partition coefficient (Wildman–Crippen LogP) is 2.44. The number of nitrogens with zero attached hydrogens (tertiary/aromatic N) is 1. The fourth-order valence-corrected chi connectivity index (χ4v) is 2.60. The maximum absolute atomic E-state index is 12.7. The molecule has 1 aliphatic rings. The van der Waals surface area contributed by atoms with Crippen LogP contribution in [0.1, 0.15) is 45.4 Å². The van der Waals surface area contributed by atoms with E-state index in [1.54, 1.807) is 0 Å². The van der Waals surface area contributed by atoms with Gasteiger partial charge >= 0.3 is 0 Å². The second-order valence-corrected chi connectivity index (χ2v) is 5.88. The highest BCUT2D eigenvalue weighted by Crippen LogP contribution is 2.25. The summed E-state index contributed by atoms with van der Waals surface area (Å²) in [6, 6.07) is 0. The Morgan fingerprint density at radius 3 is 2.50 bits per heavy atom. The smallest absolute Gasteiger partial charge is 0.196 e. The summed E-state index contributed by atoms with van der Waals surface area (Å²) < 4.78 is 2.12. The van der Waals surface area contributed by atoms with E-state index in [9.17, 15) is 4.79 Å².